The van der Waals surface area contributed by atoms with Gasteiger partial charge in [-0.25, -0.2) is 4.39 Å². The number of piperidine rings is 1. The van der Waals surface area contributed by atoms with Crippen LogP contribution in [0.25, 0.3) is 0 Å². The molecule has 1 fully saturated rings. The fourth-order valence-electron chi connectivity index (χ4n) is 2.50. The number of carbonyl (C=O) groups excluding carboxylic acids is 1. The number of anilines is 1. The predicted octanol–water partition coefficient (Wildman–Crippen LogP) is 2.55. The van der Waals surface area contributed by atoms with Gasteiger partial charge in [-0.05, 0) is 37.1 Å². The van der Waals surface area contributed by atoms with Gasteiger partial charge in [-0.3, -0.25) is 4.79 Å². The van der Waals surface area contributed by atoms with Crippen molar-refractivity contribution in [2.45, 2.75) is 23.8 Å². The van der Waals surface area contributed by atoms with Gasteiger partial charge in [-0.1, -0.05) is 0 Å². The first-order valence-corrected chi connectivity index (χ1v) is 9.12. The normalized spacial score (nSPS) is 15.6. The Morgan fingerprint density at radius 3 is 2.74 bits per heavy atom. The topological polar surface area (TPSA) is 58.1 Å². The van der Waals surface area contributed by atoms with E-state index in [-0.39, 0.29) is 17.8 Å². The van der Waals surface area contributed by atoms with E-state index >= 15 is 0 Å². The number of rotatable bonds is 5. The Bertz CT molecular complexity index is 627. The summed E-state index contributed by atoms with van der Waals surface area (Å²) in [6.45, 7) is 1.75. The highest BCUT2D eigenvalue weighted by Crippen LogP contribution is 2.20. The second kappa shape index (κ2) is 7.74. The molecular weight excluding hydrogens is 335 g/mol. The van der Waals surface area contributed by atoms with E-state index < -0.39 is 0 Å². The highest BCUT2D eigenvalue weighted by molar-refractivity contribution is 8.00. The quantitative estimate of drug-likeness (QED) is 0.838. The van der Waals surface area contributed by atoms with Crippen molar-refractivity contribution in [1.82, 2.24) is 14.1 Å². The molecule has 0 spiro atoms. The van der Waals surface area contributed by atoms with Crippen LogP contribution in [0.3, 0.4) is 0 Å². The number of aromatic nitrogens is 2. The van der Waals surface area contributed by atoms with Crippen LogP contribution in [-0.2, 0) is 4.79 Å². The molecule has 8 heteroatoms. The molecule has 5 nitrogen and oxygen atoms in total. The van der Waals surface area contributed by atoms with Gasteiger partial charge in [-0.2, -0.15) is 8.75 Å². The molecule has 2 heterocycles. The molecule has 1 aliphatic rings. The molecule has 0 aliphatic carbocycles. The van der Waals surface area contributed by atoms with Crippen LogP contribution in [-0.4, -0.2) is 39.5 Å². The molecule has 1 N–H and O–H groups in total. The minimum absolute atomic E-state index is 0.0214. The van der Waals surface area contributed by atoms with Crippen LogP contribution in [0.2, 0.25) is 0 Å². The third kappa shape index (κ3) is 4.65. The lowest BCUT2D eigenvalue weighted by Gasteiger charge is -2.32. The third-order valence-electron chi connectivity index (χ3n) is 3.72. The summed E-state index contributed by atoms with van der Waals surface area (Å²) in [7, 11) is 0. The van der Waals surface area contributed by atoms with Gasteiger partial charge in [0.1, 0.15) is 5.82 Å². The molecule has 3 rings (SSSR count). The molecule has 0 radical (unpaired) electrons. The van der Waals surface area contributed by atoms with Crippen molar-refractivity contribution in [1.29, 1.82) is 0 Å². The number of nitrogens with one attached hydrogen (secondary N) is 1. The second-order valence-electron chi connectivity index (χ2n) is 5.34. The monoisotopic (exact) mass is 352 g/mol. The SMILES string of the molecule is O=C(CSc1ccc(F)cc1)NC1CCN(c2cnsn2)CC1. The number of carbonyl (C=O) groups is 1. The first-order chi connectivity index (χ1) is 11.2. The van der Waals surface area contributed by atoms with Crippen LogP contribution in [0.5, 0.6) is 0 Å². The summed E-state index contributed by atoms with van der Waals surface area (Å²) in [5.74, 6) is 1.03. The first kappa shape index (κ1) is 16.2. The zero-order chi connectivity index (χ0) is 16.1. The molecule has 1 aliphatic heterocycles. The summed E-state index contributed by atoms with van der Waals surface area (Å²) in [4.78, 5) is 15.1. The van der Waals surface area contributed by atoms with E-state index in [9.17, 15) is 9.18 Å². The Kier molecular flexibility index (Phi) is 5.45. The van der Waals surface area contributed by atoms with Gasteiger partial charge in [0.25, 0.3) is 0 Å². The van der Waals surface area contributed by atoms with Crippen molar-refractivity contribution in [3.05, 3.63) is 36.3 Å². The predicted molar refractivity (Wildman–Crippen MR) is 90.4 cm³/mol. The molecule has 0 unspecified atom stereocenters. The van der Waals surface area contributed by atoms with E-state index in [4.69, 9.17) is 0 Å². The lowest BCUT2D eigenvalue weighted by molar-refractivity contribution is -0.119. The molecule has 122 valence electrons. The molecular formula is C15H17FN4OS2. The number of benzene rings is 1. The van der Waals surface area contributed by atoms with E-state index in [1.165, 1.54) is 35.6 Å². The summed E-state index contributed by atoms with van der Waals surface area (Å²) in [6, 6.07) is 6.40. The molecule has 2 aromatic rings. The maximum atomic E-state index is 12.8. The second-order valence-corrected chi connectivity index (χ2v) is 6.94. The lowest BCUT2D eigenvalue weighted by atomic mass is 10.1. The van der Waals surface area contributed by atoms with Gasteiger partial charge in [0, 0.05) is 24.0 Å². The number of hydrogen-bond donors (Lipinski definition) is 1. The molecule has 23 heavy (non-hydrogen) atoms. The van der Waals surface area contributed by atoms with Crippen molar-refractivity contribution in [2.75, 3.05) is 23.7 Å². The summed E-state index contributed by atoms with van der Waals surface area (Å²) >= 11 is 2.63. The first-order valence-electron chi connectivity index (χ1n) is 7.41. The van der Waals surface area contributed by atoms with Crippen molar-refractivity contribution in [2.24, 2.45) is 0 Å². The van der Waals surface area contributed by atoms with Crippen molar-refractivity contribution < 1.29 is 9.18 Å². The Morgan fingerprint density at radius 1 is 1.35 bits per heavy atom. The summed E-state index contributed by atoms with van der Waals surface area (Å²) < 4.78 is 21.1. The molecule has 1 aromatic carbocycles. The van der Waals surface area contributed by atoms with E-state index in [1.807, 2.05) is 0 Å². The van der Waals surface area contributed by atoms with Gasteiger partial charge in [0.05, 0.1) is 23.7 Å². The van der Waals surface area contributed by atoms with Crippen LogP contribution in [0.4, 0.5) is 10.2 Å². The smallest absolute Gasteiger partial charge is 0.230 e. The van der Waals surface area contributed by atoms with Gasteiger partial charge in [-0.15, -0.1) is 11.8 Å². The molecule has 1 amide bonds. The van der Waals surface area contributed by atoms with E-state index in [0.717, 1.165) is 36.6 Å². The Morgan fingerprint density at radius 2 is 2.09 bits per heavy atom. The highest BCUT2D eigenvalue weighted by atomic mass is 32.2. The zero-order valence-corrected chi connectivity index (χ0v) is 14.1. The van der Waals surface area contributed by atoms with Crippen LogP contribution in [0, 0.1) is 5.82 Å². The lowest BCUT2D eigenvalue weighted by Crippen LogP contribution is -2.45. The third-order valence-corrected chi connectivity index (χ3v) is 5.20. The molecule has 1 aromatic heterocycles. The fraction of sp³-hybridized carbons (Fsp3) is 0.400. The van der Waals surface area contributed by atoms with E-state index in [0.29, 0.717) is 5.75 Å². The fourth-order valence-corrected chi connectivity index (χ4v) is 3.65. The van der Waals surface area contributed by atoms with Crippen LogP contribution in [0.1, 0.15) is 12.8 Å². The highest BCUT2D eigenvalue weighted by Gasteiger charge is 2.21. The number of nitrogens with zero attached hydrogens (tertiary/aromatic N) is 3. The number of halogens is 1. The molecule has 0 bridgehead atoms. The average molecular weight is 352 g/mol. The van der Waals surface area contributed by atoms with E-state index in [1.54, 1.807) is 18.3 Å². The van der Waals surface area contributed by atoms with Crippen LogP contribution >= 0.6 is 23.5 Å². The Balaban J connectivity index is 1.40. The maximum Gasteiger partial charge on any atom is 0.230 e. The Hall–Kier alpha value is -1.67. The minimum Gasteiger partial charge on any atom is -0.354 e. The molecule has 1 saturated heterocycles. The summed E-state index contributed by atoms with van der Waals surface area (Å²) in [5, 5.41) is 3.07. The zero-order valence-electron chi connectivity index (χ0n) is 12.4. The van der Waals surface area contributed by atoms with Crippen molar-refractivity contribution in [3.8, 4) is 0 Å². The number of hydrogen-bond acceptors (Lipinski definition) is 6. The van der Waals surface area contributed by atoms with Gasteiger partial charge in [0.2, 0.25) is 5.91 Å². The van der Waals surface area contributed by atoms with Crippen LogP contribution < -0.4 is 10.2 Å². The van der Waals surface area contributed by atoms with Gasteiger partial charge in [0.15, 0.2) is 5.82 Å². The largest absolute Gasteiger partial charge is 0.354 e. The standard InChI is InChI=1S/C15H17FN4OS2/c16-11-1-3-13(4-2-11)22-10-15(21)18-12-5-7-20(8-6-12)14-9-17-23-19-14/h1-4,9,12H,5-8,10H2,(H,18,21). The van der Waals surface area contributed by atoms with E-state index in [2.05, 4.69) is 19.0 Å². The maximum absolute atomic E-state index is 12.8. The summed E-state index contributed by atoms with van der Waals surface area (Å²) in [5.41, 5.74) is 0. The minimum atomic E-state index is -0.263. The number of amides is 1. The average Bonchev–Trinajstić information content (AvgIpc) is 3.09. The molecule has 0 atom stereocenters. The molecule has 0 saturated carbocycles. The Labute approximate surface area is 142 Å². The van der Waals surface area contributed by atoms with Crippen molar-refractivity contribution in [3.63, 3.8) is 0 Å². The van der Waals surface area contributed by atoms with Gasteiger partial charge >= 0.3 is 0 Å². The van der Waals surface area contributed by atoms with Crippen LogP contribution in [0.15, 0.2) is 35.4 Å². The van der Waals surface area contributed by atoms with Crippen molar-refractivity contribution >= 4 is 35.2 Å². The van der Waals surface area contributed by atoms with Gasteiger partial charge < -0.3 is 10.2 Å². The summed E-state index contributed by atoms with van der Waals surface area (Å²) in [6.07, 6.45) is 3.60. The number of thioether (sulfide) groups is 1.